The van der Waals surface area contributed by atoms with Crippen molar-refractivity contribution in [2.75, 3.05) is 0 Å². The van der Waals surface area contributed by atoms with Gasteiger partial charge in [0.2, 0.25) is 5.95 Å². The third-order valence-electron chi connectivity index (χ3n) is 11.2. The lowest BCUT2D eigenvalue weighted by Gasteiger charge is -2.14. The van der Waals surface area contributed by atoms with Crippen molar-refractivity contribution in [1.82, 2.24) is 19.5 Å². The van der Waals surface area contributed by atoms with Gasteiger partial charge in [0.15, 0.2) is 11.6 Å². The first kappa shape index (κ1) is 30.8. The highest BCUT2D eigenvalue weighted by Crippen LogP contribution is 2.46. The number of hydrogen-bond acceptors (Lipinski definition) is 4. The molecule has 0 aliphatic rings. The maximum absolute atomic E-state index is 6.82. The predicted molar refractivity (Wildman–Crippen MR) is 230 cm³/mol. The SMILES string of the molecule is c1ccc(-c2nc(-c3ccc4ccccc4c3)nc(-n3c4ccc5ccccc5c4c4cccc(-c5c6ccccc6cc6c5oc5ccccc56)c43)n2)cc1. The van der Waals surface area contributed by atoms with Crippen molar-refractivity contribution < 1.29 is 4.42 Å². The Balaban J connectivity index is 1.25. The molecule has 9 aromatic carbocycles. The van der Waals surface area contributed by atoms with Crippen molar-refractivity contribution in [3.8, 4) is 39.9 Å². The number of rotatable bonds is 4. The van der Waals surface area contributed by atoms with E-state index in [0.29, 0.717) is 17.6 Å². The highest BCUT2D eigenvalue weighted by Gasteiger charge is 2.25. The van der Waals surface area contributed by atoms with Gasteiger partial charge in [0.1, 0.15) is 11.2 Å². The fourth-order valence-electron chi connectivity index (χ4n) is 8.67. The van der Waals surface area contributed by atoms with Crippen LogP contribution in [0.3, 0.4) is 0 Å². The highest BCUT2D eigenvalue weighted by atomic mass is 16.3. The van der Waals surface area contributed by atoms with Crippen molar-refractivity contribution in [3.63, 3.8) is 0 Å². The average molecular weight is 715 g/mol. The molecular formula is C51H30N4O. The Bertz CT molecular complexity index is 3540. The fourth-order valence-corrected chi connectivity index (χ4v) is 8.67. The van der Waals surface area contributed by atoms with Gasteiger partial charge in [-0.2, -0.15) is 9.97 Å². The third-order valence-corrected chi connectivity index (χ3v) is 11.2. The van der Waals surface area contributed by atoms with Gasteiger partial charge in [-0.05, 0) is 56.6 Å². The van der Waals surface area contributed by atoms with Crippen molar-refractivity contribution in [3.05, 3.63) is 182 Å². The summed E-state index contributed by atoms with van der Waals surface area (Å²) in [5, 5.41) is 11.3. The third kappa shape index (κ3) is 4.58. The van der Waals surface area contributed by atoms with Crippen molar-refractivity contribution in [1.29, 1.82) is 0 Å². The van der Waals surface area contributed by atoms with Crippen molar-refractivity contribution in [2.24, 2.45) is 0 Å². The number of fused-ring (bicyclic) bond motifs is 10. The zero-order valence-corrected chi connectivity index (χ0v) is 30.0. The van der Waals surface area contributed by atoms with Crippen LogP contribution in [0.2, 0.25) is 0 Å². The van der Waals surface area contributed by atoms with Crippen LogP contribution < -0.4 is 0 Å². The molecule has 0 N–H and O–H groups in total. The number of benzene rings is 9. The van der Waals surface area contributed by atoms with Crippen LogP contribution in [0.4, 0.5) is 0 Å². The van der Waals surface area contributed by atoms with Gasteiger partial charge in [-0.15, -0.1) is 0 Å². The lowest BCUT2D eigenvalue weighted by molar-refractivity contribution is 0.670. The summed E-state index contributed by atoms with van der Waals surface area (Å²) in [7, 11) is 0. The van der Waals surface area contributed by atoms with E-state index in [2.05, 4.69) is 162 Å². The number of aromatic nitrogens is 4. The van der Waals surface area contributed by atoms with Crippen LogP contribution in [0.25, 0.3) is 116 Å². The van der Waals surface area contributed by atoms with E-state index in [1.54, 1.807) is 0 Å². The summed E-state index contributed by atoms with van der Waals surface area (Å²) in [6.45, 7) is 0. The molecule has 0 amide bonds. The molecule has 0 radical (unpaired) electrons. The molecule has 0 spiro atoms. The second-order valence-corrected chi connectivity index (χ2v) is 14.4. The molecule has 0 saturated carbocycles. The molecule has 12 aromatic rings. The van der Waals surface area contributed by atoms with E-state index in [1.807, 2.05) is 24.3 Å². The predicted octanol–water partition coefficient (Wildman–Crippen LogP) is 13.3. The summed E-state index contributed by atoms with van der Waals surface area (Å²) in [6.07, 6.45) is 0. The fraction of sp³-hybridized carbons (Fsp3) is 0. The molecule has 0 bridgehead atoms. The van der Waals surface area contributed by atoms with Crippen LogP contribution in [0, 0.1) is 0 Å². The first-order valence-electron chi connectivity index (χ1n) is 18.9. The van der Waals surface area contributed by atoms with E-state index in [9.17, 15) is 0 Å². The number of furan rings is 1. The monoisotopic (exact) mass is 714 g/mol. The molecule has 0 fully saturated rings. The largest absolute Gasteiger partial charge is 0.455 e. The summed E-state index contributed by atoms with van der Waals surface area (Å²) < 4.78 is 9.07. The number of para-hydroxylation sites is 2. The summed E-state index contributed by atoms with van der Waals surface area (Å²) in [5.41, 5.74) is 7.67. The second-order valence-electron chi connectivity index (χ2n) is 14.4. The molecule has 5 nitrogen and oxygen atoms in total. The maximum atomic E-state index is 6.82. The molecule has 56 heavy (non-hydrogen) atoms. The van der Waals surface area contributed by atoms with Crippen molar-refractivity contribution >= 4 is 76.1 Å². The molecule has 12 rings (SSSR count). The molecule has 260 valence electrons. The summed E-state index contributed by atoms with van der Waals surface area (Å²) in [6, 6.07) is 63.8. The summed E-state index contributed by atoms with van der Waals surface area (Å²) >= 11 is 0. The van der Waals surface area contributed by atoms with Gasteiger partial charge in [-0.25, -0.2) is 4.98 Å². The normalized spacial score (nSPS) is 11.9. The van der Waals surface area contributed by atoms with Gasteiger partial charge in [-0.3, -0.25) is 4.57 Å². The standard InChI is InChI=1S/C51H30N4O/c1-2-15-33(16-3-1)49-52-50(36-26-25-31-13-4-5-17-34(31)29-36)54-51(53-49)55-43-28-27-32-14-6-8-19-37(32)45(43)40-22-12-23-41(47(40)55)46-38-20-9-7-18-35(38)30-42-39-21-10-11-24-44(39)56-48(42)46/h1-30H. The van der Waals surface area contributed by atoms with Crippen LogP contribution >= 0.6 is 0 Å². The lowest BCUT2D eigenvalue weighted by Crippen LogP contribution is -2.07. The molecule has 0 aliphatic carbocycles. The zero-order valence-electron chi connectivity index (χ0n) is 30.0. The first-order valence-corrected chi connectivity index (χ1v) is 18.9. The average Bonchev–Trinajstić information content (AvgIpc) is 3.81. The summed E-state index contributed by atoms with van der Waals surface area (Å²) in [5.74, 6) is 1.76. The van der Waals surface area contributed by atoms with E-state index in [-0.39, 0.29) is 0 Å². The molecule has 3 aromatic heterocycles. The Hall–Kier alpha value is -7.63. The molecule has 0 aliphatic heterocycles. The van der Waals surface area contributed by atoms with E-state index < -0.39 is 0 Å². The van der Waals surface area contributed by atoms with Gasteiger partial charge in [0, 0.05) is 43.8 Å². The van der Waals surface area contributed by atoms with Crippen molar-refractivity contribution in [2.45, 2.75) is 0 Å². The minimum absolute atomic E-state index is 0.547. The quantitative estimate of drug-likeness (QED) is 0.182. The van der Waals surface area contributed by atoms with E-state index in [0.717, 1.165) is 82.2 Å². The molecule has 0 unspecified atom stereocenters. The topological polar surface area (TPSA) is 56.7 Å². The Morgan fingerprint density at radius 2 is 1.07 bits per heavy atom. The van der Waals surface area contributed by atoms with Gasteiger partial charge in [-0.1, -0.05) is 158 Å². The van der Waals surface area contributed by atoms with Crippen LogP contribution in [0.5, 0.6) is 0 Å². The van der Waals surface area contributed by atoms with Crippen LogP contribution in [-0.4, -0.2) is 19.5 Å². The lowest BCUT2D eigenvalue weighted by atomic mass is 9.93. The molecular weight excluding hydrogens is 685 g/mol. The Labute approximate surface area is 320 Å². The second kappa shape index (κ2) is 11.9. The number of nitrogens with zero attached hydrogens (tertiary/aromatic N) is 4. The maximum Gasteiger partial charge on any atom is 0.238 e. The van der Waals surface area contributed by atoms with Crippen LogP contribution in [0.15, 0.2) is 186 Å². The molecule has 0 atom stereocenters. The zero-order chi connectivity index (χ0) is 36.7. The first-order chi connectivity index (χ1) is 27.8. The number of hydrogen-bond donors (Lipinski definition) is 0. The van der Waals surface area contributed by atoms with Crippen LogP contribution in [0.1, 0.15) is 0 Å². The smallest absolute Gasteiger partial charge is 0.238 e. The highest BCUT2D eigenvalue weighted by molar-refractivity contribution is 6.26. The van der Waals surface area contributed by atoms with Gasteiger partial charge in [0.05, 0.1) is 11.0 Å². The van der Waals surface area contributed by atoms with Crippen LogP contribution in [-0.2, 0) is 0 Å². The van der Waals surface area contributed by atoms with E-state index >= 15 is 0 Å². The summed E-state index contributed by atoms with van der Waals surface area (Å²) in [4.78, 5) is 15.8. The molecule has 0 saturated heterocycles. The van der Waals surface area contributed by atoms with Gasteiger partial charge < -0.3 is 4.42 Å². The Kier molecular flexibility index (Phi) is 6.56. The van der Waals surface area contributed by atoms with Gasteiger partial charge >= 0.3 is 0 Å². The van der Waals surface area contributed by atoms with E-state index in [1.165, 1.54) is 16.2 Å². The Morgan fingerprint density at radius 1 is 0.411 bits per heavy atom. The van der Waals surface area contributed by atoms with E-state index in [4.69, 9.17) is 19.4 Å². The molecule has 5 heteroatoms. The minimum Gasteiger partial charge on any atom is -0.455 e. The Morgan fingerprint density at radius 3 is 1.93 bits per heavy atom. The minimum atomic E-state index is 0.547. The van der Waals surface area contributed by atoms with Gasteiger partial charge in [0.25, 0.3) is 0 Å². The molecule has 3 heterocycles.